The zero-order valence-corrected chi connectivity index (χ0v) is 9.83. The highest BCUT2D eigenvalue weighted by Gasteiger charge is 2.12. The van der Waals surface area contributed by atoms with E-state index in [1.165, 1.54) is 0 Å². The van der Waals surface area contributed by atoms with Crippen LogP contribution < -0.4 is 5.32 Å². The van der Waals surface area contributed by atoms with Gasteiger partial charge in [-0.2, -0.15) is 0 Å². The van der Waals surface area contributed by atoms with Crippen molar-refractivity contribution in [2.45, 2.75) is 19.5 Å². The second kappa shape index (κ2) is 5.25. The minimum atomic E-state index is -0.169. The second-order valence-corrected chi connectivity index (χ2v) is 4.55. The Morgan fingerprint density at radius 1 is 1.62 bits per heavy atom. The third kappa shape index (κ3) is 2.69. The van der Waals surface area contributed by atoms with Gasteiger partial charge in [0.2, 0.25) is 0 Å². The van der Waals surface area contributed by atoms with E-state index >= 15 is 0 Å². The maximum atomic E-state index is 9.24. The van der Waals surface area contributed by atoms with Crippen molar-refractivity contribution in [3.8, 4) is 0 Å². The number of thiazole rings is 1. The summed E-state index contributed by atoms with van der Waals surface area (Å²) >= 11 is 1.62. The molecule has 2 aromatic rings. The van der Waals surface area contributed by atoms with E-state index in [0.29, 0.717) is 6.54 Å². The Balaban J connectivity index is 1.93. The van der Waals surface area contributed by atoms with Crippen molar-refractivity contribution in [2.75, 3.05) is 6.61 Å². The monoisotopic (exact) mass is 238 g/mol. The molecule has 0 amide bonds. The van der Waals surface area contributed by atoms with E-state index in [0.717, 1.165) is 16.5 Å². The Morgan fingerprint density at radius 3 is 3.06 bits per heavy atom. The molecule has 0 radical (unpaired) electrons. The van der Waals surface area contributed by atoms with Gasteiger partial charge >= 0.3 is 0 Å². The molecule has 0 saturated carbocycles. The van der Waals surface area contributed by atoms with Crippen LogP contribution in [0, 0.1) is 6.92 Å². The predicted octanol–water partition coefficient (Wildman–Crippen LogP) is 1.87. The molecule has 2 heterocycles. The van der Waals surface area contributed by atoms with Crippen LogP contribution in [0.25, 0.3) is 0 Å². The lowest BCUT2D eigenvalue weighted by molar-refractivity contribution is 0.225. The molecule has 2 rings (SSSR count). The molecule has 4 nitrogen and oxygen atoms in total. The van der Waals surface area contributed by atoms with Crippen LogP contribution in [0.4, 0.5) is 0 Å². The smallest absolute Gasteiger partial charge is 0.123 e. The summed E-state index contributed by atoms with van der Waals surface area (Å²) in [5.41, 5.74) is 0.993. The highest BCUT2D eigenvalue weighted by Crippen LogP contribution is 2.14. The molecule has 86 valence electrons. The van der Waals surface area contributed by atoms with Gasteiger partial charge < -0.3 is 9.52 Å². The lowest BCUT2D eigenvalue weighted by atomic mass is 10.2. The number of hydrogen-bond donors (Lipinski definition) is 2. The number of hydrogen-bond acceptors (Lipinski definition) is 5. The standard InChI is InChI=1S/C11H14N2O2S/c1-8-13-9(7-16-8)5-12-10(6-14)11-3-2-4-15-11/h2-4,7,10,12,14H,5-6H2,1H3. The van der Waals surface area contributed by atoms with E-state index in [-0.39, 0.29) is 12.6 Å². The van der Waals surface area contributed by atoms with Gasteiger partial charge in [-0.05, 0) is 19.1 Å². The summed E-state index contributed by atoms with van der Waals surface area (Å²) in [4.78, 5) is 4.34. The molecule has 1 unspecified atom stereocenters. The third-order valence-corrected chi connectivity index (χ3v) is 3.09. The van der Waals surface area contributed by atoms with Crippen molar-refractivity contribution in [1.82, 2.24) is 10.3 Å². The van der Waals surface area contributed by atoms with Crippen LogP contribution in [0.5, 0.6) is 0 Å². The average molecular weight is 238 g/mol. The normalized spacial score (nSPS) is 12.9. The van der Waals surface area contributed by atoms with Crippen molar-refractivity contribution >= 4 is 11.3 Å². The van der Waals surface area contributed by atoms with Gasteiger partial charge in [0.1, 0.15) is 5.76 Å². The molecular weight excluding hydrogens is 224 g/mol. The topological polar surface area (TPSA) is 58.3 Å². The number of aliphatic hydroxyl groups excluding tert-OH is 1. The van der Waals surface area contributed by atoms with Crippen molar-refractivity contribution in [3.63, 3.8) is 0 Å². The molecule has 16 heavy (non-hydrogen) atoms. The third-order valence-electron chi connectivity index (χ3n) is 2.27. The van der Waals surface area contributed by atoms with Crippen molar-refractivity contribution in [3.05, 3.63) is 40.2 Å². The number of rotatable bonds is 5. The van der Waals surface area contributed by atoms with Gasteiger partial charge in [0.15, 0.2) is 0 Å². The second-order valence-electron chi connectivity index (χ2n) is 3.49. The Hall–Kier alpha value is -1.17. The highest BCUT2D eigenvalue weighted by atomic mass is 32.1. The van der Waals surface area contributed by atoms with Crippen LogP contribution in [0.15, 0.2) is 28.2 Å². The van der Waals surface area contributed by atoms with Crippen LogP contribution in [0.3, 0.4) is 0 Å². The number of nitrogens with one attached hydrogen (secondary N) is 1. The Bertz CT molecular complexity index is 425. The summed E-state index contributed by atoms with van der Waals surface area (Å²) in [6.45, 7) is 2.62. The SMILES string of the molecule is Cc1nc(CNC(CO)c2ccco2)cs1. The van der Waals surface area contributed by atoms with Gasteiger partial charge in [-0.1, -0.05) is 0 Å². The molecule has 1 atom stereocenters. The molecule has 0 spiro atoms. The molecule has 2 N–H and O–H groups in total. The van der Waals surface area contributed by atoms with Crippen LogP contribution >= 0.6 is 11.3 Å². The molecule has 0 bridgehead atoms. The number of aromatic nitrogens is 1. The van der Waals surface area contributed by atoms with Crippen LogP contribution in [-0.4, -0.2) is 16.7 Å². The lowest BCUT2D eigenvalue weighted by Gasteiger charge is -2.12. The summed E-state index contributed by atoms with van der Waals surface area (Å²) in [5.74, 6) is 0.745. The largest absolute Gasteiger partial charge is 0.468 e. The van der Waals surface area contributed by atoms with E-state index in [9.17, 15) is 5.11 Å². The lowest BCUT2D eigenvalue weighted by Crippen LogP contribution is -2.23. The van der Waals surface area contributed by atoms with Crippen LogP contribution in [0.2, 0.25) is 0 Å². The molecule has 0 saturated heterocycles. The predicted molar refractivity (Wildman–Crippen MR) is 62.2 cm³/mol. The molecule has 5 heteroatoms. The molecule has 2 aromatic heterocycles. The molecular formula is C11H14N2O2S. The van der Waals surface area contributed by atoms with E-state index in [1.807, 2.05) is 24.4 Å². The first-order valence-corrected chi connectivity index (χ1v) is 5.96. The van der Waals surface area contributed by atoms with Gasteiger partial charge in [0, 0.05) is 11.9 Å². The van der Waals surface area contributed by atoms with Crippen molar-refractivity contribution in [1.29, 1.82) is 0 Å². The van der Waals surface area contributed by atoms with Gasteiger partial charge in [-0.25, -0.2) is 4.98 Å². The number of nitrogens with zero attached hydrogens (tertiary/aromatic N) is 1. The summed E-state index contributed by atoms with van der Waals surface area (Å²) in [6.07, 6.45) is 1.60. The number of furan rings is 1. The number of aryl methyl sites for hydroxylation is 1. The Kier molecular flexibility index (Phi) is 3.71. The quantitative estimate of drug-likeness (QED) is 0.835. The van der Waals surface area contributed by atoms with Gasteiger partial charge in [-0.15, -0.1) is 11.3 Å². The summed E-state index contributed by atoms with van der Waals surface area (Å²) < 4.78 is 5.24. The fourth-order valence-electron chi connectivity index (χ4n) is 1.46. The van der Waals surface area contributed by atoms with E-state index < -0.39 is 0 Å². The Labute approximate surface area is 97.9 Å². The summed E-state index contributed by atoms with van der Waals surface area (Å²) in [6, 6.07) is 3.49. The Morgan fingerprint density at radius 2 is 2.50 bits per heavy atom. The van der Waals surface area contributed by atoms with Crippen molar-refractivity contribution < 1.29 is 9.52 Å². The first-order chi connectivity index (χ1) is 7.79. The van der Waals surface area contributed by atoms with E-state index in [2.05, 4.69) is 10.3 Å². The zero-order chi connectivity index (χ0) is 11.4. The molecule has 0 aliphatic rings. The fraction of sp³-hybridized carbons (Fsp3) is 0.364. The molecule has 0 aliphatic heterocycles. The number of aliphatic hydroxyl groups is 1. The van der Waals surface area contributed by atoms with Crippen LogP contribution in [0.1, 0.15) is 22.5 Å². The van der Waals surface area contributed by atoms with Gasteiger partial charge in [0.25, 0.3) is 0 Å². The van der Waals surface area contributed by atoms with Crippen LogP contribution in [-0.2, 0) is 6.54 Å². The van der Waals surface area contributed by atoms with Crippen molar-refractivity contribution in [2.24, 2.45) is 0 Å². The maximum Gasteiger partial charge on any atom is 0.123 e. The first kappa shape index (κ1) is 11.3. The summed E-state index contributed by atoms with van der Waals surface area (Å²) in [7, 11) is 0. The first-order valence-electron chi connectivity index (χ1n) is 5.08. The van der Waals surface area contributed by atoms with Gasteiger partial charge in [0.05, 0.1) is 29.6 Å². The highest BCUT2D eigenvalue weighted by molar-refractivity contribution is 7.09. The minimum absolute atomic E-state index is 0.0105. The zero-order valence-electron chi connectivity index (χ0n) is 9.01. The fourth-order valence-corrected chi connectivity index (χ4v) is 2.07. The molecule has 0 aromatic carbocycles. The van der Waals surface area contributed by atoms with Gasteiger partial charge in [-0.3, -0.25) is 5.32 Å². The maximum absolute atomic E-state index is 9.24. The van der Waals surface area contributed by atoms with E-state index in [1.54, 1.807) is 17.6 Å². The molecule has 0 aliphatic carbocycles. The average Bonchev–Trinajstić information content (AvgIpc) is 2.91. The summed E-state index contributed by atoms with van der Waals surface area (Å²) in [5, 5.41) is 15.5. The van der Waals surface area contributed by atoms with E-state index in [4.69, 9.17) is 4.42 Å². The minimum Gasteiger partial charge on any atom is -0.468 e. The molecule has 0 fully saturated rings.